The van der Waals surface area contributed by atoms with Gasteiger partial charge in [-0.15, -0.1) is 10.2 Å². The molecule has 0 saturated carbocycles. The lowest BCUT2D eigenvalue weighted by Crippen LogP contribution is -1.96. The van der Waals surface area contributed by atoms with Gasteiger partial charge in [-0.2, -0.15) is 0 Å². The van der Waals surface area contributed by atoms with Gasteiger partial charge >= 0.3 is 0 Å². The molecule has 1 aromatic heterocycles. The van der Waals surface area contributed by atoms with Gasteiger partial charge in [0.15, 0.2) is 6.61 Å². The van der Waals surface area contributed by atoms with Crippen molar-refractivity contribution >= 4 is 23.2 Å². The predicted molar refractivity (Wildman–Crippen MR) is 84.3 cm³/mol. The normalized spacial score (nSPS) is 10.6. The Labute approximate surface area is 137 Å². The summed E-state index contributed by atoms with van der Waals surface area (Å²) in [5, 5.41) is 8.78. The molecule has 1 heterocycles. The molecule has 3 rings (SSSR count). The molecule has 6 heteroatoms. The van der Waals surface area contributed by atoms with E-state index < -0.39 is 0 Å². The number of benzene rings is 2. The number of nitrogens with zero attached hydrogens (tertiary/aromatic N) is 2. The van der Waals surface area contributed by atoms with Crippen molar-refractivity contribution < 1.29 is 9.15 Å². The Balaban J connectivity index is 1.63. The third kappa shape index (κ3) is 3.59. The lowest BCUT2D eigenvalue weighted by Gasteiger charge is -2.06. The Bertz CT molecular complexity index is 760. The molecule has 0 unspecified atom stereocenters. The fourth-order valence-corrected chi connectivity index (χ4v) is 2.27. The Morgan fingerprint density at radius 3 is 2.50 bits per heavy atom. The van der Waals surface area contributed by atoms with E-state index in [1.165, 1.54) is 0 Å². The summed E-state index contributed by atoms with van der Waals surface area (Å²) < 4.78 is 11.1. The van der Waals surface area contributed by atoms with E-state index in [0.717, 1.165) is 5.56 Å². The summed E-state index contributed by atoms with van der Waals surface area (Å²) in [6.07, 6.45) is 0.589. The monoisotopic (exact) mass is 334 g/mol. The lowest BCUT2D eigenvalue weighted by molar-refractivity contribution is 0.259. The minimum Gasteiger partial charge on any atom is -0.482 e. The summed E-state index contributed by atoms with van der Waals surface area (Å²) in [4.78, 5) is 0. The van der Waals surface area contributed by atoms with E-state index in [-0.39, 0.29) is 6.61 Å². The van der Waals surface area contributed by atoms with Crippen LogP contribution < -0.4 is 4.74 Å². The van der Waals surface area contributed by atoms with Crippen molar-refractivity contribution in [2.45, 2.75) is 13.0 Å². The van der Waals surface area contributed by atoms with Gasteiger partial charge in [-0.1, -0.05) is 59.6 Å². The Morgan fingerprint density at radius 1 is 0.909 bits per heavy atom. The van der Waals surface area contributed by atoms with Crippen LogP contribution in [-0.4, -0.2) is 10.2 Å². The van der Waals surface area contributed by atoms with Crippen molar-refractivity contribution in [1.29, 1.82) is 0 Å². The van der Waals surface area contributed by atoms with Crippen LogP contribution in [0, 0.1) is 0 Å². The van der Waals surface area contributed by atoms with E-state index in [9.17, 15) is 0 Å². The van der Waals surface area contributed by atoms with Crippen LogP contribution in [0.15, 0.2) is 52.9 Å². The second kappa shape index (κ2) is 6.81. The summed E-state index contributed by atoms with van der Waals surface area (Å²) in [5.74, 6) is 1.42. The van der Waals surface area contributed by atoms with Crippen molar-refractivity contribution in [3.05, 3.63) is 75.9 Å². The standard InChI is InChI=1S/C16H12Cl2N2O2/c17-12-7-4-8-13(16(12)18)21-10-15-20-19-14(22-15)9-11-5-2-1-3-6-11/h1-8H,9-10H2. The molecule has 0 aliphatic carbocycles. The SMILES string of the molecule is Clc1cccc(OCc2nnc(Cc3ccccc3)o2)c1Cl. The van der Waals surface area contributed by atoms with E-state index >= 15 is 0 Å². The molecule has 0 N–H and O–H groups in total. The van der Waals surface area contributed by atoms with Gasteiger partial charge in [0.1, 0.15) is 10.8 Å². The number of hydrogen-bond acceptors (Lipinski definition) is 4. The largest absolute Gasteiger partial charge is 0.482 e. The van der Waals surface area contributed by atoms with Gasteiger partial charge in [0.25, 0.3) is 5.89 Å². The van der Waals surface area contributed by atoms with E-state index in [0.29, 0.717) is 34.0 Å². The number of aromatic nitrogens is 2. The summed E-state index contributed by atoms with van der Waals surface area (Å²) in [7, 11) is 0. The summed E-state index contributed by atoms with van der Waals surface area (Å²) in [6.45, 7) is 0.141. The van der Waals surface area contributed by atoms with Crippen molar-refractivity contribution in [3.8, 4) is 5.75 Å². The highest BCUT2D eigenvalue weighted by Crippen LogP contribution is 2.31. The van der Waals surface area contributed by atoms with E-state index in [1.807, 2.05) is 30.3 Å². The minimum atomic E-state index is 0.141. The first kappa shape index (κ1) is 14.9. The molecule has 3 aromatic rings. The Hall–Kier alpha value is -2.04. The zero-order valence-corrected chi connectivity index (χ0v) is 13.0. The minimum absolute atomic E-state index is 0.141. The molecule has 0 aliphatic heterocycles. The molecule has 0 atom stereocenters. The number of halogens is 2. The molecule has 0 fully saturated rings. The third-order valence-corrected chi connectivity index (χ3v) is 3.78. The van der Waals surface area contributed by atoms with E-state index in [2.05, 4.69) is 10.2 Å². The lowest BCUT2D eigenvalue weighted by atomic mass is 10.2. The summed E-state index contributed by atoms with van der Waals surface area (Å²) in [6, 6.07) is 15.1. The smallest absolute Gasteiger partial charge is 0.253 e. The number of ether oxygens (including phenoxy) is 1. The van der Waals surface area contributed by atoms with Gasteiger partial charge in [-0.25, -0.2) is 0 Å². The quantitative estimate of drug-likeness (QED) is 0.686. The molecule has 112 valence electrons. The van der Waals surface area contributed by atoms with Crippen molar-refractivity contribution in [1.82, 2.24) is 10.2 Å². The Kier molecular flexibility index (Phi) is 4.61. The van der Waals surface area contributed by atoms with Gasteiger partial charge in [0, 0.05) is 0 Å². The zero-order valence-electron chi connectivity index (χ0n) is 11.5. The van der Waals surface area contributed by atoms with Gasteiger partial charge in [0.2, 0.25) is 5.89 Å². The maximum Gasteiger partial charge on any atom is 0.253 e. The van der Waals surface area contributed by atoms with Crippen LogP contribution in [0.5, 0.6) is 5.75 Å². The van der Waals surface area contributed by atoms with E-state index in [1.54, 1.807) is 18.2 Å². The Morgan fingerprint density at radius 2 is 1.68 bits per heavy atom. The van der Waals surface area contributed by atoms with Gasteiger partial charge in [0.05, 0.1) is 11.4 Å². The molecule has 4 nitrogen and oxygen atoms in total. The van der Waals surface area contributed by atoms with Crippen molar-refractivity contribution in [3.63, 3.8) is 0 Å². The summed E-state index contributed by atoms with van der Waals surface area (Å²) >= 11 is 12.0. The zero-order chi connectivity index (χ0) is 15.4. The average Bonchev–Trinajstić information content (AvgIpc) is 2.97. The molecule has 0 radical (unpaired) electrons. The molecule has 0 aliphatic rings. The van der Waals surface area contributed by atoms with Crippen molar-refractivity contribution in [2.75, 3.05) is 0 Å². The first-order chi connectivity index (χ1) is 10.7. The molecule has 0 bridgehead atoms. The van der Waals surface area contributed by atoms with Crippen LogP contribution in [0.3, 0.4) is 0 Å². The number of hydrogen-bond donors (Lipinski definition) is 0. The van der Waals surface area contributed by atoms with Crippen LogP contribution in [0.25, 0.3) is 0 Å². The van der Waals surface area contributed by atoms with Crippen molar-refractivity contribution in [2.24, 2.45) is 0 Å². The highest BCUT2D eigenvalue weighted by atomic mass is 35.5. The van der Waals surface area contributed by atoms with E-state index in [4.69, 9.17) is 32.4 Å². The van der Waals surface area contributed by atoms with Crippen LogP contribution in [0.4, 0.5) is 0 Å². The second-order valence-electron chi connectivity index (χ2n) is 4.59. The van der Waals surface area contributed by atoms with Crippen LogP contribution in [-0.2, 0) is 13.0 Å². The maximum atomic E-state index is 6.05. The predicted octanol–water partition coefficient (Wildman–Crippen LogP) is 4.55. The first-order valence-electron chi connectivity index (χ1n) is 6.64. The fraction of sp³-hybridized carbons (Fsp3) is 0.125. The van der Waals surface area contributed by atoms with Gasteiger partial charge in [-0.3, -0.25) is 0 Å². The second-order valence-corrected chi connectivity index (χ2v) is 5.38. The number of rotatable bonds is 5. The topological polar surface area (TPSA) is 48.2 Å². The highest BCUT2D eigenvalue weighted by Gasteiger charge is 2.10. The molecular weight excluding hydrogens is 323 g/mol. The molecule has 2 aromatic carbocycles. The van der Waals surface area contributed by atoms with Gasteiger partial charge < -0.3 is 9.15 Å². The fourth-order valence-electron chi connectivity index (χ4n) is 1.92. The highest BCUT2D eigenvalue weighted by molar-refractivity contribution is 6.42. The van der Waals surface area contributed by atoms with Crippen LogP contribution >= 0.6 is 23.2 Å². The summed E-state index contributed by atoms with van der Waals surface area (Å²) in [5.41, 5.74) is 1.11. The van der Waals surface area contributed by atoms with Crippen LogP contribution in [0.1, 0.15) is 17.3 Å². The van der Waals surface area contributed by atoms with Gasteiger partial charge in [-0.05, 0) is 17.7 Å². The molecule has 0 amide bonds. The van der Waals surface area contributed by atoms with Crippen LogP contribution in [0.2, 0.25) is 10.0 Å². The molecule has 22 heavy (non-hydrogen) atoms. The molecular formula is C16H12Cl2N2O2. The average molecular weight is 335 g/mol. The molecule has 0 saturated heterocycles. The third-order valence-electron chi connectivity index (χ3n) is 2.97. The first-order valence-corrected chi connectivity index (χ1v) is 7.40. The maximum absolute atomic E-state index is 6.05. The molecule has 0 spiro atoms.